The van der Waals surface area contributed by atoms with Gasteiger partial charge in [-0.1, -0.05) is 19.1 Å². The second kappa shape index (κ2) is 9.74. The predicted molar refractivity (Wildman–Crippen MR) is 93.4 cm³/mol. The fraction of sp³-hybridized carbons (Fsp3) is 0.368. The quantitative estimate of drug-likeness (QED) is 0.670. The molecule has 0 saturated carbocycles. The van der Waals surface area contributed by atoms with E-state index in [-0.39, 0.29) is 0 Å². The molecule has 4 heteroatoms. The molecular weight excluding hydrogens is 290 g/mol. The van der Waals surface area contributed by atoms with E-state index in [9.17, 15) is 0 Å². The Labute approximate surface area is 138 Å². The fourth-order valence-corrected chi connectivity index (χ4v) is 2.08. The number of rotatable bonds is 10. The summed E-state index contributed by atoms with van der Waals surface area (Å²) in [5.41, 5.74) is 2.25. The van der Waals surface area contributed by atoms with Crippen molar-refractivity contribution in [1.82, 2.24) is 0 Å². The molecule has 0 amide bonds. The molecule has 1 N–H and O–H groups in total. The molecule has 0 saturated heterocycles. The molecule has 0 aliphatic rings. The first kappa shape index (κ1) is 17.2. The molecule has 0 aliphatic carbocycles. The van der Waals surface area contributed by atoms with Crippen LogP contribution < -0.4 is 14.8 Å². The van der Waals surface area contributed by atoms with Crippen LogP contribution in [0.2, 0.25) is 0 Å². The topological polar surface area (TPSA) is 39.7 Å². The van der Waals surface area contributed by atoms with Gasteiger partial charge in [-0.05, 0) is 48.4 Å². The lowest BCUT2D eigenvalue weighted by molar-refractivity contribution is 0.146. The maximum Gasteiger partial charge on any atom is 0.119 e. The highest BCUT2D eigenvalue weighted by Crippen LogP contribution is 2.18. The second-order valence-corrected chi connectivity index (χ2v) is 5.22. The number of hydrogen-bond donors (Lipinski definition) is 1. The van der Waals surface area contributed by atoms with E-state index in [1.165, 1.54) is 5.56 Å². The fourth-order valence-electron chi connectivity index (χ4n) is 2.08. The summed E-state index contributed by atoms with van der Waals surface area (Å²) in [6.07, 6.45) is 1.02. The summed E-state index contributed by atoms with van der Waals surface area (Å²) in [6, 6.07) is 16.1. The summed E-state index contributed by atoms with van der Waals surface area (Å²) < 4.78 is 16.2. The second-order valence-electron chi connectivity index (χ2n) is 5.22. The van der Waals surface area contributed by atoms with Crippen molar-refractivity contribution in [2.75, 3.05) is 32.2 Å². The highest BCUT2D eigenvalue weighted by molar-refractivity contribution is 5.47. The van der Waals surface area contributed by atoms with Crippen LogP contribution in [0.1, 0.15) is 18.9 Å². The number of ether oxygens (including phenoxy) is 3. The standard InChI is InChI=1S/C19H25NO3/c1-3-11-22-19-6-4-5-16(14-19)15-20-17-7-9-18(10-8-17)23-13-12-21-2/h4-10,14,20H,3,11-13,15H2,1-2H3. The minimum Gasteiger partial charge on any atom is -0.494 e. The molecule has 4 nitrogen and oxygen atoms in total. The first-order chi connectivity index (χ1) is 11.3. The Hall–Kier alpha value is -2.20. The largest absolute Gasteiger partial charge is 0.494 e. The van der Waals surface area contributed by atoms with E-state index in [4.69, 9.17) is 14.2 Å². The Balaban J connectivity index is 1.83. The van der Waals surface area contributed by atoms with Gasteiger partial charge in [-0.2, -0.15) is 0 Å². The highest BCUT2D eigenvalue weighted by atomic mass is 16.5. The van der Waals surface area contributed by atoms with Crippen LogP contribution in [0.25, 0.3) is 0 Å². The third-order valence-corrected chi connectivity index (χ3v) is 3.28. The predicted octanol–water partition coefficient (Wildman–Crippen LogP) is 4.11. The summed E-state index contributed by atoms with van der Waals surface area (Å²) in [4.78, 5) is 0. The van der Waals surface area contributed by atoms with E-state index in [1.54, 1.807) is 7.11 Å². The van der Waals surface area contributed by atoms with Crippen LogP contribution in [0.3, 0.4) is 0 Å². The number of methoxy groups -OCH3 is 1. The third-order valence-electron chi connectivity index (χ3n) is 3.28. The van der Waals surface area contributed by atoms with Crippen molar-refractivity contribution in [2.45, 2.75) is 19.9 Å². The van der Waals surface area contributed by atoms with Gasteiger partial charge in [-0.3, -0.25) is 0 Å². The monoisotopic (exact) mass is 315 g/mol. The number of benzene rings is 2. The minimum atomic E-state index is 0.563. The molecule has 0 heterocycles. The molecule has 0 aromatic heterocycles. The molecule has 0 radical (unpaired) electrons. The van der Waals surface area contributed by atoms with Crippen molar-refractivity contribution in [3.05, 3.63) is 54.1 Å². The van der Waals surface area contributed by atoms with Gasteiger partial charge in [-0.25, -0.2) is 0 Å². The van der Waals surface area contributed by atoms with Crippen molar-refractivity contribution < 1.29 is 14.2 Å². The smallest absolute Gasteiger partial charge is 0.119 e. The van der Waals surface area contributed by atoms with Gasteiger partial charge in [-0.15, -0.1) is 0 Å². The van der Waals surface area contributed by atoms with Crippen LogP contribution in [0, 0.1) is 0 Å². The summed E-state index contributed by atoms with van der Waals surface area (Å²) in [6.45, 7) is 4.77. The molecular formula is C19H25NO3. The van der Waals surface area contributed by atoms with Crippen molar-refractivity contribution in [2.24, 2.45) is 0 Å². The van der Waals surface area contributed by atoms with E-state index in [2.05, 4.69) is 24.4 Å². The third kappa shape index (κ3) is 6.20. The summed E-state index contributed by atoms with van der Waals surface area (Å²) in [7, 11) is 1.67. The maximum absolute atomic E-state index is 5.66. The molecule has 0 unspecified atom stereocenters. The van der Waals surface area contributed by atoms with Gasteiger partial charge >= 0.3 is 0 Å². The van der Waals surface area contributed by atoms with Gasteiger partial charge < -0.3 is 19.5 Å². The Morgan fingerprint density at radius 3 is 2.39 bits per heavy atom. The Morgan fingerprint density at radius 2 is 1.65 bits per heavy atom. The SMILES string of the molecule is CCCOc1cccc(CNc2ccc(OCCOC)cc2)c1. The van der Waals surface area contributed by atoms with Gasteiger partial charge in [0.2, 0.25) is 0 Å². The normalized spacial score (nSPS) is 10.3. The Bertz CT molecular complexity index is 569. The zero-order chi connectivity index (χ0) is 16.3. The molecule has 124 valence electrons. The van der Waals surface area contributed by atoms with Crippen molar-refractivity contribution in [1.29, 1.82) is 0 Å². The first-order valence-corrected chi connectivity index (χ1v) is 7.99. The van der Waals surface area contributed by atoms with Crippen LogP contribution in [0.4, 0.5) is 5.69 Å². The average molecular weight is 315 g/mol. The lowest BCUT2D eigenvalue weighted by atomic mass is 10.2. The molecule has 0 bridgehead atoms. The molecule has 2 aromatic carbocycles. The minimum absolute atomic E-state index is 0.563. The average Bonchev–Trinajstić information content (AvgIpc) is 2.60. The van der Waals surface area contributed by atoms with Crippen molar-refractivity contribution >= 4 is 5.69 Å². The highest BCUT2D eigenvalue weighted by Gasteiger charge is 1.99. The molecule has 2 rings (SSSR count). The van der Waals surface area contributed by atoms with Gasteiger partial charge in [0.25, 0.3) is 0 Å². The van der Waals surface area contributed by atoms with Gasteiger partial charge in [0.1, 0.15) is 18.1 Å². The zero-order valence-corrected chi connectivity index (χ0v) is 13.9. The molecule has 2 aromatic rings. The van der Waals surface area contributed by atoms with E-state index >= 15 is 0 Å². The van der Waals surface area contributed by atoms with Gasteiger partial charge in [0, 0.05) is 19.3 Å². The Kier molecular flexibility index (Phi) is 7.27. The van der Waals surface area contributed by atoms with E-state index in [1.807, 2.05) is 36.4 Å². The van der Waals surface area contributed by atoms with Crippen LogP contribution in [0.5, 0.6) is 11.5 Å². The zero-order valence-electron chi connectivity index (χ0n) is 13.9. The van der Waals surface area contributed by atoms with Crippen LogP contribution >= 0.6 is 0 Å². The molecule has 23 heavy (non-hydrogen) atoms. The van der Waals surface area contributed by atoms with Crippen molar-refractivity contribution in [3.8, 4) is 11.5 Å². The van der Waals surface area contributed by atoms with Gasteiger partial charge in [0.05, 0.1) is 13.2 Å². The number of anilines is 1. The molecule has 0 atom stereocenters. The van der Waals surface area contributed by atoms with Crippen LogP contribution in [-0.4, -0.2) is 26.9 Å². The lowest BCUT2D eigenvalue weighted by Gasteiger charge is -2.10. The maximum atomic E-state index is 5.66. The van der Waals surface area contributed by atoms with Crippen LogP contribution in [0.15, 0.2) is 48.5 Å². The lowest BCUT2D eigenvalue weighted by Crippen LogP contribution is -2.04. The summed E-state index contributed by atoms with van der Waals surface area (Å²) in [5, 5.41) is 3.40. The summed E-state index contributed by atoms with van der Waals surface area (Å²) >= 11 is 0. The van der Waals surface area contributed by atoms with Crippen LogP contribution in [-0.2, 0) is 11.3 Å². The molecule has 0 fully saturated rings. The van der Waals surface area contributed by atoms with E-state index < -0.39 is 0 Å². The Morgan fingerprint density at radius 1 is 0.870 bits per heavy atom. The van der Waals surface area contributed by atoms with E-state index in [0.717, 1.165) is 36.8 Å². The van der Waals surface area contributed by atoms with Gasteiger partial charge in [0.15, 0.2) is 0 Å². The van der Waals surface area contributed by atoms with Crippen molar-refractivity contribution in [3.63, 3.8) is 0 Å². The number of hydrogen-bond acceptors (Lipinski definition) is 4. The molecule has 0 spiro atoms. The summed E-state index contributed by atoms with van der Waals surface area (Å²) in [5.74, 6) is 1.77. The number of nitrogens with one attached hydrogen (secondary N) is 1. The van der Waals surface area contributed by atoms with E-state index in [0.29, 0.717) is 13.2 Å². The first-order valence-electron chi connectivity index (χ1n) is 7.99. The molecule has 0 aliphatic heterocycles.